The van der Waals surface area contributed by atoms with Crippen LogP contribution in [0.5, 0.6) is 0 Å². The summed E-state index contributed by atoms with van der Waals surface area (Å²) in [5.74, 6) is -1.46. The molecule has 0 saturated carbocycles. The Bertz CT molecular complexity index is 737. The summed E-state index contributed by atoms with van der Waals surface area (Å²) >= 11 is 0. The average molecular weight is 657 g/mol. The monoisotopic (exact) mass is 657 g/mol. The molecule has 0 rings (SSSR count). The van der Waals surface area contributed by atoms with Gasteiger partial charge in [-0.25, -0.2) is 4.79 Å². The Balaban J connectivity index is 4.40. The summed E-state index contributed by atoms with van der Waals surface area (Å²) in [4.78, 5) is 36.7. The number of esters is 2. The van der Waals surface area contributed by atoms with Crippen LogP contribution in [0, 0.1) is 0 Å². The maximum Gasteiger partial charge on any atom is 0.362 e. The number of likely N-dealkylation sites (N-methyl/N-ethyl adjacent to an activating group) is 1. The number of hydrogen-bond acceptors (Lipinski definition) is 6. The number of nitrogens with zero attached hydrogens (tertiary/aromatic N) is 1. The van der Waals surface area contributed by atoms with E-state index in [1.807, 2.05) is 21.1 Å². The maximum atomic E-state index is 12.6. The molecular weight excluding hydrogens is 582 g/mol. The number of hydrogen-bond donors (Lipinski definition) is 1. The Kier molecular flexibility index (Phi) is 29.5. The molecule has 0 spiro atoms. The van der Waals surface area contributed by atoms with Crippen molar-refractivity contribution in [1.29, 1.82) is 0 Å². The smallest absolute Gasteiger partial charge is 0.362 e. The second kappa shape index (κ2) is 30.7. The molecule has 0 aliphatic heterocycles. The Morgan fingerprint density at radius 1 is 0.565 bits per heavy atom. The molecule has 2 atom stereocenters. The van der Waals surface area contributed by atoms with Crippen LogP contribution >= 0.6 is 0 Å². The van der Waals surface area contributed by atoms with Crippen molar-refractivity contribution < 1.29 is 38.2 Å². The minimum absolute atomic E-state index is 0.0432. The van der Waals surface area contributed by atoms with Crippen LogP contribution in [0.4, 0.5) is 0 Å². The average Bonchev–Trinajstić information content (AvgIpc) is 3.00. The number of unbranched alkanes of at least 4 members (excludes halogenated alkanes) is 20. The van der Waals surface area contributed by atoms with Crippen LogP contribution in [0.2, 0.25) is 0 Å². The van der Waals surface area contributed by atoms with E-state index in [1.165, 1.54) is 103 Å². The number of rotatable bonds is 34. The minimum atomic E-state index is -0.873. The molecule has 0 heterocycles. The van der Waals surface area contributed by atoms with E-state index >= 15 is 0 Å². The third-order valence-electron chi connectivity index (χ3n) is 8.76. The summed E-state index contributed by atoms with van der Waals surface area (Å²) in [6, 6.07) is -0.606. The molecule has 2 unspecified atom stereocenters. The zero-order valence-electron chi connectivity index (χ0n) is 30.8. The first-order valence-corrected chi connectivity index (χ1v) is 19.1. The first kappa shape index (κ1) is 44.3. The van der Waals surface area contributed by atoms with Gasteiger partial charge < -0.3 is 23.8 Å². The number of carboxylic acid groups (broad SMARTS) is 1. The third-order valence-corrected chi connectivity index (χ3v) is 8.76. The van der Waals surface area contributed by atoms with Crippen molar-refractivity contribution in [3.63, 3.8) is 0 Å². The molecule has 1 N–H and O–H groups in total. The minimum Gasteiger partial charge on any atom is -0.477 e. The fourth-order valence-electron chi connectivity index (χ4n) is 5.74. The maximum absolute atomic E-state index is 12.6. The van der Waals surface area contributed by atoms with Crippen LogP contribution in [0.1, 0.15) is 174 Å². The van der Waals surface area contributed by atoms with Gasteiger partial charge in [0.2, 0.25) is 0 Å². The van der Waals surface area contributed by atoms with Crippen molar-refractivity contribution in [2.45, 2.75) is 187 Å². The van der Waals surface area contributed by atoms with Gasteiger partial charge in [-0.2, -0.15) is 0 Å². The van der Waals surface area contributed by atoms with Crippen molar-refractivity contribution in [3.8, 4) is 0 Å². The highest BCUT2D eigenvalue weighted by molar-refractivity contribution is 5.72. The van der Waals surface area contributed by atoms with Gasteiger partial charge >= 0.3 is 17.9 Å². The van der Waals surface area contributed by atoms with Crippen LogP contribution in [-0.4, -0.2) is 80.6 Å². The first-order valence-electron chi connectivity index (χ1n) is 19.1. The second-order valence-corrected chi connectivity index (χ2v) is 14.2. The summed E-state index contributed by atoms with van der Waals surface area (Å²) in [6.45, 7) is 4.72. The molecule has 272 valence electrons. The van der Waals surface area contributed by atoms with Crippen LogP contribution in [0.15, 0.2) is 0 Å². The van der Waals surface area contributed by atoms with Crippen molar-refractivity contribution in [2.24, 2.45) is 0 Å². The van der Waals surface area contributed by atoms with Gasteiger partial charge in [-0.1, -0.05) is 142 Å². The molecule has 8 nitrogen and oxygen atoms in total. The summed E-state index contributed by atoms with van der Waals surface area (Å²) in [5.41, 5.74) is 0. The lowest BCUT2D eigenvalue weighted by Crippen LogP contribution is -2.50. The molecule has 0 aromatic carbocycles. The van der Waals surface area contributed by atoms with Gasteiger partial charge in [0, 0.05) is 19.3 Å². The number of quaternary nitrogens is 1. The highest BCUT2D eigenvalue weighted by atomic mass is 16.6. The normalized spacial score (nSPS) is 13.0. The first-order chi connectivity index (χ1) is 22.1. The SMILES string of the molecule is CCCCCCCCCCCCCCC(=O)OC(COCCC(C(=O)O)[N+](C)(C)C)COC(=O)CCCCCCCCCCCC. The predicted molar refractivity (Wildman–Crippen MR) is 188 cm³/mol. The molecule has 0 aromatic rings. The standard InChI is InChI=1S/C38H73NO7/c1-6-8-10-12-14-16-18-19-21-23-25-27-29-37(41)46-34(32-44-31-30-35(38(42)43)39(3,4)5)33-45-36(40)28-26-24-22-20-17-15-13-11-9-7-2/h34-35H,6-33H2,1-5H3/p+1. The van der Waals surface area contributed by atoms with Gasteiger partial charge in [0.25, 0.3) is 0 Å². The quantitative estimate of drug-likeness (QED) is 0.0418. The molecule has 0 fully saturated rings. The zero-order valence-corrected chi connectivity index (χ0v) is 30.8. The van der Waals surface area contributed by atoms with Crippen molar-refractivity contribution in [3.05, 3.63) is 0 Å². The highest BCUT2D eigenvalue weighted by Crippen LogP contribution is 2.15. The third kappa shape index (κ3) is 28.5. The van der Waals surface area contributed by atoms with E-state index in [2.05, 4.69) is 13.8 Å². The number of ether oxygens (including phenoxy) is 3. The number of carbonyl (C=O) groups excluding carboxylic acids is 2. The second-order valence-electron chi connectivity index (χ2n) is 14.2. The highest BCUT2D eigenvalue weighted by Gasteiger charge is 2.31. The summed E-state index contributed by atoms with van der Waals surface area (Å²) in [6.07, 6.45) is 27.1. The summed E-state index contributed by atoms with van der Waals surface area (Å²) in [7, 11) is 5.52. The van der Waals surface area contributed by atoms with Gasteiger partial charge in [-0.05, 0) is 12.8 Å². The molecule has 0 bridgehead atoms. The number of carbonyl (C=O) groups is 3. The van der Waals surface area contributed by atoms with E-state index in [1.54, 1.807) is 0 Å². The molecule has 0 aliphatic rings. The predicted octanol–water partition coefficient (Wildman–Crippen LogP) is 9.41. The molecule has 46 heavy (non-hydrogen) atoms. The van der Waals surface area contributed by atoms with E-state index in [-0.39, 0.29) is 36.2 Å². The van der Waals surface area contributed by atoms with E-state index in [4.69, 9.17) is 14.2 Å². The molecule has 0 amide bonds. The molecule has 8 heteroatoms. The van der Waals surface area contributed by atoms with Gasteiger partial charge in [0.1, 0.15) is 6.61 Å². The van der Waals surface area contributed by atoms with Gasteiger partial charge in [0.15, 0.2) is 12.1 Å². The van der Waals surface area contributed by atoms with Gasteiger partial charge in [-0.3, -0.25) is 9.59 Å². The van der Waals surface area contributed by atoms with Gasteiger partial charge in [-0.15, -0.1) is 0 Å². The topological polar surface area (TPSA) is 99.1 Å². The van der Waals surface area contributed by atoms with Crippen molar-refractivity contribution in [2.75, 3.05) is 41.0 Å². The summed E-state index contributed by atoms with van der Waals surface area (Å²) < 4.78 is 17.2. The Morgan fingerprint density at radius 2 is 0.957 bits per heavy atom. The number of aliphatic carboxylic acids is 1. The molecule has 0 radical (unpaired) electrons. The Labute approximate surface area is 283 Å². The van der Waals surface area contributed by atoms with E-state index in [0.717, 1.165) is 38.5 Å². The van der Waals surface area contributed by atoms with E-state index < -0.39 is 18.1 Å². The van der Waals surface area contributed by atoms with Crippen molar-refractivity contribution >= 4 is 17.9 Å². The largest absolute Gasteiger partial charge is 0.477 e. The fraction of sp³-hybridized carbons (Fsp3) is 0.921. The lowest BCUT2D eigenvalue weighted by atomic mass is 10.0. The molecule has 0 aromatic heterocycles. The lowest BCUT2D eigenvalue weighted by Gasteiger charge is -2.31. The molecule has 0 aliphatic carbocycles. The van der Waals surface area contributed by atoms with Crippen molar-refractivity contribution in [1.82, 2.24) is 0 Å². The summed E-state index contributed by atoms with van der Waals surface area (Å²) in [5, 5.41) is 9.57. The lowest BCUT2D eigenvalue weighted by molar-refractivity contribution is -0.887. The Morgan fingerprint density at radius 3 is 1.35 bits per heavy atom. The molecular formula is C38H74NO7+. The Hall–Kier alpha value is -1.67. The van der Waals surface area contributed by atoms with Gasteiger partial charge in [0.05, 0.1) is 34.4 Å². The van der Waals surface area contributed by atoms with Crippen LogP contribution in [0.25, 0.3) is 0 Å². The van der Waals surface area contributed by atoms with E-state index in [9.17, 15) is 19.5 Å². The van der Waals surface area contributed by atoms with E-state index in [0.29, 0.717) is 19.3 Å². The molecule has 0 saturated heterocycles. The van der Waals surface area contributed by atoms with Crippen LogP contribution in [-0.2, 0) is 28.6 Å². The zero-order chi connectivity index (χ0) is 34.3. The van der Waals surface area contributed by atoms with Crippen LogP contribution in [0.3, 0.4) is 0 Å². The number of carboxylic acids is 1. The fourth-order valence-corrected chi connectivity index (χ4v) is 5.74. The van der Waals surface area contributed by atoms with Crippen LogP contribution < -0.4 is 0 Å².